The molecule has 0 atom stereocenters. The van der Waals surface area contributed by atoms with Crippen LogP contribution in [0.4, 0.5) is 5.69 Å². The van der Waals surface area contributed by atoms with E-state index in [1.807, 2.05) is 31.1 Å². The van der Waals surface area contributed by atoms with Gasteiger partial charge < -0.3 is 19.4 Å². The van der Waals surface area contributed by atoms with Crippen LogP contribution in [-0.4, -0.2) is 49.1 Å². The molecule has 0 bridgehead atoms. The SMILES string of the molecule is CC(=O)O/N=C(C(=N/OC(C)=O)/C(=N/OC(C)=O)c1ccc(N(C)C)cc1)\c1cccs1. The third-order valence-electron chi connectivity index (χ3n) is 3.66. The summed E-state index contributed by atoms with van der Waals surface area (Å²) in [7, 11) is 3.77. The lowest BCUT2D eigenvalue weighted by Gasteiger charge is -2.14. The lowest BCUT2D eigenvalue weighted by Crippen LogP contribution is -2.28. The fraction of sp³-hybridized carbons (Fsp3) is 0.238. The number of nitrogens with zero attached hydrogens (tertiary/aromatic N) is 4. The quantitative estimate of drug-likeness (QED) is 0.339. The molecule has 11 heteroatoms. The van der Waals surface area contributed by atoms with Crippen LogP contribution >= 0.6 is 11.3 Å². The van der Waals surface area contributed by atoms with E-state index in [0.29, 0.717) is 10.4 Å². The second kappa shape index (κ2) is 11.5. The molecule has 0 radical (unpaired) electrons. The molecule has 2 rings (SSSR count). The van der Waals surface area contributed by atoms with Crippen molar-refractivity contribution in [3.63, 3.8) is 0 Å². The van der Waals surface area contributed by atoms with E-state index in [2.05, 4.69) is 15.5 Å². The van der Waals surface area contributed by atoms with Gasteiger partial charge in [-0.15, -0.1) is 11.3 Å². The second-order valence-electron chi connectivity index (χ2n) is 6.49. The van der Waals surface area contributed by atoms with Crippen molar-refractivity contribution in [1.82, 2.24) is 0 Å². The predicted octanol–water partition coefficient (Wildman–Crippen LogP) is 2.97. The molecule has 2 aromatic rings. The Morgan fingerprint density at radius 1 is 0.781 bits per heavy atom. The molecule has 0 N–H and O–H groups in total. The van der Waals surface area contributed by atoms with Gasteiger partial charge in [0.25, 0.3) is 0 Å². The summed E-state index contributed by atoms with van der Waals surface area (Å²) in [6.45, 7) is 3.54. The highest BCUT2D eigenvalue weighted by atomic mass is 32.1. The molecule has 1 heterocycles. The summed E-state index contributed by atoms with van der Waals surface area (Å²) in [5, 5.41) is 13.5. The van der Waals surface area contributed by atoms with Crippen molar-refractivity contribution in [3.8, 4) is 0 Å². The third kappa shape index (κ3) is 7.13. The number of hydrogen-bond donors (Lipinski definition) is 0. The molecule has 0 spiro atoms. The summed E-state index contributed by atoms with van der Waals surface area (Å²) in [6, 6.07) is 10.5. The van der Waals surface area contributed by atoms with Crippen molar-refractivity contribution < 1.29 is 28.9 Å². The average molecular weight is 458 g/mol. The molecule has 0 aliphatic heterocycles. The molecule has 0 saturated carbocycles. The molecule has 0 amide bonds. The molecule has 0 unspecified atom stereocenters. The van der Waals surface area contributed by atoms with Crippen LogP contribution in [0.1, 0.15) is 31.2 Å². The summed E-state index contributed by atoms with van der Waals surface area (Å²) in [5.41, 5.74) is 1.40. The van der Waals surface area contributed by atoms with Crippen LogP contribution in [0.25, 0.3) is 0 Å². The molecular formula is C21H22N4O6S. The Kier molecular flexibility index (Phi) is 8.78. The molecular weight excluding hydrogens is 436 g/mol. The second-order valence-corrected chi connectivity index (χ2v) is 7.43. The van der Waals surface area contributed by atoms with Gasteiger partial charge >= 0.3 is 17.9 Å². The summed E-state index contributed by atoms with van der Waals surface area (Å²) >= 11 is 1.28. The van der Waals surface area contributed by atoms with E-state index in [-0.39, 0.29) is 17.1 Å². The van der Waals surface area contributed by atoms with Crippen molar-refractivity contribution in [2.75, 3.05) is 19.0 Å². The van der Waals surface area contributed by atoms with Gasteiger partial charge in [0.1, 0.15) is 5.71 Å². The summed E-state index contributed by atoms with van der Waals surface area (Å²) in [6.07, 6.45) is 0. The van der Waals surface area contributed by atoms with Crippen LogP contribution in [0.15, 0.2) is 57.2 Å². The standard InChI is InChI=1S/C21H22N4O6S/c1-13(26)29-22-19(16-8-10-17(11-9-16)25(4)5)21(24-31-15(3)28)20(23-30-14(2)27)18-7-6-12-32-18/h6-12H,1-5H3/b22-19+,23-20+,24-21+. The van der Waals surface area contributed by atoms with Gasteiger partial charge in [-0.1, -0.05) is 33.7 Å². The first-order valence-corrected chi connectivity index (χ1v) is 10.2. The molecule has 1 aromatic heterocycles. The van der Waals surface area contributed by atoms with Gasteiger partial charge in [0.2, 0.25) is 0 Å². The Bertz CT molecular complexity index is 1060. The summed E-state index contributed by atoms with van der Waals surface area (Å²) in [5.74, 6) is -2.04. The zero-order chi connectivity index (χ0) is 23.7. The highest BCUT2D eigenvalue weighted by molar-refractivity contribution is 7.13. The van der Waals surface area contributed by atoms with E-state index in [1.54, 1.807) is 29.6 Å². The first-order chi connectivity index (χ1) is 15.2. The van der Waals surface area contributed by atoms with Gasteiger partial charge in [-0.3, -0.25) is 0 Å². The average Bonchev–Trinajstić information content (AvgIpc) is 3.25. The number of oxime groups is 3. The number of carbonyl (C=O) groups excluding carboxylic acids is 3. The van der Waals surface area contributed by atoms with E-state index in [9.17, 15) is 14.4 Å². The number of thiophene rings is 1. The predicted molar refractivity (Wildman–Crippen MR) is 121 cm³/mol. The van der Waals surface area contributed by atoms with Crippen molar-refractivity contribution in [2.45, 2.75) is 20.8 Å². The topological polar surface area (TPSA) is 119 Å². The molecule has 168 valence electrons. The lowest BCUT2D eigenvalue weighted by atomic mass is 10.0. The third-order valence-corrected chi connectivity index (χ3v) is 4.53. The molecule has 10 nitrogen and oxygen atoms in total. The maximum Gasteiger partial charge on any atom is 0.332 e. The number of hydrogen-bond acceptors (Lipinski definition) is 11. The minimum absolute atomic E-state index is 0.0334. The Morgan fingerprint density at radius 2 is 1.31 bits per heavy atom. The maximum atomic E-state index is 11.5. The first-order valence-electron chi connectivity index (χ1n) is 9.28. The number of anilines is 1. The Hall–Kier alpha value is -3.86. The van der Waals surface area contributed by atoms with Crippen LogP contribution in [-0.2, 0) is 28.9 Å². The van der Waals surface area contributed by atoms with Crippen LogP contribution in [0.3, 0.4) is 0 Å². The Balaban J connectivity index is 2.71. The maximum absolute atomic E-state index is 11.5. The van der Waals surface area contributed by atoms with Gasteiger partial charge in [-0.2, -0.15) is 0 Å². The number of carbonyl (C=O) groups is 3. The smallest absolute Gasteiger partial charge is 0.332 e. The van der Waals surface area contributed by atoms with E-state index < -0.39 is 17.9 Å². The van der Waals surface area contributed by atoms with Crippen molar-refractivity contribution in [1.29, 1.82) is 0 Å². The fourth-order valence-electron chi connectivity index (χ4n) is 2.30. The largest absolute Gasteiger partial charge is 0.378 e. The summed E-state index contributed by atoms with van der Waals surface area (Å²) in [4.78, 5) is 51.4. The minimum Gasteiger partial charge on any atom is -0.378 e. The number of benzene rings is 1. The van der Waals surface area contributed by atoms with Crippen LogP contribution < -0.4 is 4.90 Å². The molecule has 0 aliphatic rings. The van der Waals surface area contributed by atoms with Crippen molar-refractivity contribution in [2.24, 2.45) is 15.5 Å². The molecule has 1 aromatic carbocycles. The molecule has 0 fully saturated rings. The van der Waals surface area contributed by atoms with Crippen molar-refractivity contribution >= 4 is 52.1 Å². The van der Waals surface area contributed by atoms with Crippen molar-refractivity contribution in [3.05, 3.63) is 52.2 Å². The normalized spacial score (nSPS) is 12.2. The minimum atomic E-state index is -0.699. The highest BCUT2D eigenvalue weighted by Crippen LogP contribution is 2.18. The van der Waals surface area contributed by atoms with Gasteiger partial charge in [0.05, 0.1) is 4.88 Å². The first kappa shape index (κ1) is 24.4. The van der Waals surface area contributed by atoms with E-state index in [0.717, 1.165) is 5.69 Å². The van der Waals surface area contributed by atoms with Crippen LogP contribution in [0.2, 0.25) is 0 Å². The fourth-order valence-corrected chi connectivity index (χ4v) is 3.00. The van der Waals surface area contributed by atoms with Crippen LogP contribution in [0.5, 0.6) is 0 Å². The van der Waals surface area contributed by atoms with Gasteiger partial charge in [0.15, 0.2) is 11.4 Å². The molecule has 32 heavy (non-hydrogen) atoms. The molecule has 0 aliphatic carbocycles. The molecule has 0 saturated heterocycles. The van der Waals surface area contributed by atoms with Gasteiger partial charge in [-0.05, 0) is 23.6 Å². The zero-order valence-electron chi connectivity index (χ0n) is 18.2. The number of rotatable bonds is 8. The Morgan fingerprint density at radius 3 is 1.78 bits per heavy atom. The highest BCUT2D eigenvalue weighted by Gasteiger charge is 2.25. The van der Waals surface area contributed by atoms with Crippen LogP contribution in [0, 0.1) is 0 Å². The van der Waals surface area contributed by atoms with E-state index >= 15 is 0 Å². The lowest BCUT2D eigenvalue weighted by molar-refractivity contribution is -0.142. The zero-order valence-corrected chi connectivity index (χ0v) is 19.0. The van der Waals surface area contributed by atoms with E-state index in [4.69, 9.17) is 14.5 Å². The van der Waals surface area contributed by atoms with E-state index in [1.165, 1.54) is 32.1 Å². The van der Waals surface area contributed by atoms with Gasteiger partial charge in [0, 0.05) is 46.1 Å². The monoisotopic (exact) mass is 458 g/mol. The summed E-state index contributed by atoms with van der Waals surface area (Å²) < 4.78 is 0. The Labute approximate surface area is 188 Å². The van der Waals surface area contributed by atoms with Gasteiger partial charge in [-0.25, -0.2) is 14.4 Å².